The summed E-state index contributed by atoms with van der Waals surface area (Å²) in [5, 5.41) is 2.96. The first-order chi connectivity index (χ1) is 8.99. The van der Waals surface area contributed by atoms with Crippen LogP contribution >= 0.6 is 0 Å². The third-order valence-corrected chi connectivity index (χ3v) is 3.74. The van der Waals surface area contributed by atoms with Crippen LogP contribution in [-0.4, -0.2) is 31.7 Å². The summed E-state index contributed by atoms with van der Waals surface area (Å²) in [7, 11) is 0. The highest BCUT2D eigenvalue weighted by atomic mass is 16.5. The zero-order valence-corrected chi connectivity index (χ0v) is 12.7. The Kier molecular flexibility index (Phi) is 7.39. The van der Waals surface area contributed by atoms with E-state index in [1.54, 1.807) is 0 Å². The van der Waals surface area contributed by atoms with Gasteiger partial charge in [-0.1, -0.05) is 20.8 Å². The van der Waals surface area contributed by atoms with Gasteiger partial charge in [-0.15, -0.1) is 0 Å². The summed E-state index contributed by atoms with van der Waals surface area (Å²) in [6, 6.07) is 0.182. The molecule has 0 spiro atoms. The SMILES string of the molecule is CC(C)CCOCCNC(=O)C1CC(C)CC(N)C1. The Balaban J connectivity index is 2.10. The fraction of sp³-hybridized carbons (Fsp3) is 0.933. The summed E-state index contributed by atoms with van der Waals surface area (Å²) >= 11 is 0. The van der Waals surface area contributed by atoms with Crippen LogP contribution in [0.2, 0.25) is 0 Å². The average molecular weight is 270 g/mol. The van der Waals surface area contributed by atoms with E-state index >= 15 is 0 Å². The molecule has 19 heavy (non-hydrogen) atoms. The van der Waals surface area contributed by atoms with E-state index in [1.165, 1.54) is 0 Å². The van der Waals surface area contributed by atoms with Crippen molar-refractivity contribution in [2.24, 2.45) is 23.5 Å². The average Bonchev–Trinajstić information content (AvgIpc) is 2.31. The zero-order valence-electron chi connectivity index (χ0n) is 12.7. The van der Waals surface area contributed by atoms with Gasteiger partial charge in [-0.3, -0.25) is 4.79 Å². The molecule has 0 aliphatic heterocycles. The highest BCUT2D eigenvalue weighted by Gasteiger charge is 2.28. The maximum Gasteiger partial charge on any atom is 0.223 e. The molecule has 0 aromatic rings. The van der Waals surface area contributed by atoms with Gasteiger partial charge in [0.25, 0.3) is 0 Å². The van der Waals surface area contributed by atoms with E-state index in [4.69, 9.17) is 10.5 Å². The van der Waals surface area contributed by atoms with Gasteiger partial charge in [-0.25, -0.2) is 0 Å². The van der Waals surface area contributed by atoms with Crippen molar-refractivity contribution in [3.63, 3.8) is 0 Å². The normalized spacial score (nSPS) is 27.5. The summed E-state index contributed by atoms with van der Waals surface area (Å²) in [6.45, 7) is 8.52. The number of hydrogen-bond acceptors (Lipinski definition) is 3. The van der Waals surface area contributed by atoms with E-state index < -0.39 is 0 Å². The second-order valence-electron chi connectivity index (χ2n) is 6.36. The van der Waals surface area contributed by atoms with Crippen molar-refractivity contribution in [3.8, 4) is 0 Å². The lowest BCUT2D eigenvalue weighted by Gasteiger charge is -2.30. The van der Waals surface area contributed by atoms with Gasteiger partial charge in [-0.2, -0.15) is 0 Å². The number of ether oxygens (including phenoxy) is 1. The van der Waals surface area contributed by atoms with Crippen LogP contribution in [0.3, 0.4) is 0 Å². The van der Waals surface area contributed by atoms with E-state index in [1.807, 2.05) is 0 Å². The lowest BCUT2D eigenvalue weighted by molar-refractivity contribution is -0.126. The van der Waals surface area contributed by atoms with Gasteiger partial charge in [-0.05, 0) is 37.5 Å². The Bertz CT molecular complexity index is 259. The van der Waals surface area contributed by atoms with Crippen LogP contribution in [0, 0.1) is 17.8 Å². The fourth-order valence-corrected chi connectivity index (χ4v) is 2.68. The minimum absolute atomic E-state index is 0.0921. The van der Waals surface area contributed by atoms with Crippen molar-refractivity contribution in [2.45, 2.75) is 52.5 Å². The standard InChI is InChI=1S/C15H30N2O2/c1-11(2)4-6-19-7-5-17-15(18)13-8-12(3)9-14(16)10-13/h11-14H,4-10,16H2,1-3H3,(H,17,18). The summed E-state index contributed by atoms with van der Waals surface area (Å²) in [4.78, 5) is 12.0. The predicted octanol–water partition coefficient (Wildman–Crippen LogP) is 1.93. The van der Waals surface area contributed by atoms with Crippen molar-refractivity contribution in [3.05, 3.63) is 0 Å². The number of rotatable bonds is 7. The second kappa shape index (κ2) is 8.54. The number of carbonyl (C=O) groups excluding carboxylic acids is 1. The van der Waals surface area contributed by atoms with E-state index in [9.17, 15) is 4.79 Å². The van der Waals surface area contributed by atoms with Crippen molar-refractivity contribution in [2.75, 3.05) is 19.8 Å². The van der Waals surface area contributed by atoms with E-state index in [2.05, 4.69) is 26.1 Å². The molecule has 3 atom stereocenters. The predicted molar refractivity (Wildman–Crippen MR) is 77.8 cm³/mol. The number of carbonyl (C=O) groups is 1. The molecule has 0 radical (unpaired) electrons. The lowest BCUT2D eigenvalue weighted by atomic mass is 9.79. The molecule has 1 aliphatic carbocycles. The minimum Gasteiger partial charge on any atom is -0.380 e. The smallest absolute Gasteiger partial charge is 0.223 e. The molecular formula is C15H30N2O2. The van der Waals surface area contributed by atoms with Crippen molar-refractivity contribution in [1.82, 2.24) is 5.32 Å². The molecule has 0 aromatic heterocycles. The van der Waals surface area contributed by atoms with E-state index in [-0.39, 0.29) is 17.9 Å². The molecule has 3 unspecified atom stereocenters. The molecule has 112 valence electrons. The summed E-state index contributed by atoms with van der Waals surface area (Å²) in [5.41, 5.74) is 5.97. The Morgan fingerprint density at radius 2 is 2.05 bits per heavy atom. The van der Waals surface area contributed by atoms with Crippen LogP contribution in [0.4, 0.5) is 0 Å². The van der Waals surface area contributed by atoms with Gasteiger partial charge in [0.1, 0.15) is 0 Å². The Morgan fingerprint density at radius 1 is 1.32 bits per heavy atom. The van der Waals surface area contributed by atoms with Gasteiger partial charge in [0.05, 0.1) is 6.61 Å². The number of nitrogens with one attached hydrogen (secondary N) is 1. The summed E-state index contributed by atoms with van der Waals surface area (Å²) in [5.74, 6) is 1.46. The summed E-state index contributed by atoms with van der Waals surface area (Å²) in [6.07, 6.45) is 3.91. The first kappa shape index (κ1) is 16.4. The molecule has 1 aliphatic rings. The molecule has 4 heteroatoms. The fourth-order valence-electron chi connectivity index (χ4n) is 2.68. The molecule has 1 fully saturated rings. The third kappa shape index (κ3) is 6.92. The molecule has 1 amide bonds. The van der Waals surface area contributed by atoms with Gasteiger partial charge in [0.2, 0.25) is 5.91 Å². The van der Waals surface area contributed by atoms with Crippen LogP contribution in [-0.2, 0) is 9.53 Å². The van der Waals surface area contributed by atoms with Crippen molar-refractivity contribution < 1.29 is 9.53 Å². The highest BCUT2D eigenvalue weighted by molar-refractivity contribution is 5.78. The third-order valence-electron chi connectivity index (χ3n) is 3.74. The van der Waals surface area contributed by atoms with Crippen LogP contribution < -0.4 is 11.1 Å². The first-order valence-corrected chi connectivity index (χ1v) is 7.60. The quantitative estimate of drug-likeness (QED) is 0.695. The van der Waals surface area contributed by atoms with Crippen LogP contribution in [0.25, 0.3) is 0 Å². The zero-order chi connectivity index (χ0) is 14.3. The van der Waals surface area contributed by atoms with Crippen molar-refractivity contribution in [1.29, 1.82) is 0 Å². The first-order valence-electron chi connectivity index (χ1n) is 7.60. The molecular weight excluding hydrogens is 240 g/mol. The molecule has 1 rings (SSSR count). The minimum atomic E-state index is 0.0921. The van der Waals surface area contributed by atoms with Gasteiger partial charge in [0, 0.05) is 25.1 Å². The summed E-state index contributed by atoms with van der Waals surface area (Å²) < 4.78 is 5.49. The number of amides is 1. The van der Waals surface area contributed by atoms with Crippen molar-refractivity contribution >= 4 is 5.91 Å². The molecule has 0 heterocycles. The topological polar surface area (TPSA) is 64.3 Å². The molecule has 0 aromatic carbocycles. The molecule has 4 nitrogen and oxygen atoms in total. The van der Waals surface area contributed by atoms with Crippen LogP contribution in [0.15, 0.2) is 0 Å². The Hall–Kier alpha value is -0.610. The highest BCUT2D eigenvalue weighted by Crippen LogP contribution is 2.27. The number of nitrogens with two attached hydrogens (primary N) is 1. The van der Waals surface area contributed by atoms with Gasteiger partial charge in [0.15, 0.2) is 0 Å². The maximum absolute atomic E-state index is 12.0. The molecule has 0 saturated heterocycles. The molecule has 3 N–H and O–H groups in total. The van der Waals surface area contributed by atoms with E-state index in [0.717, 1.165) is 32.3 Å². The van der Waals surface area contributed by atoms with Crippen LogP contribution in [0.5, 0.6) is 0 Å². The second-order valence-corrected chi connectivity index (χ2v) is 6.36. The van der Waals surface area contributed by atoms with Gasteiger partial charge >= 0.3 is 0 Å². The van der Waals surface area contributed by atoms with E-state index in [0.29, 0.717) is 25.0 Å². The lowest BCUT2D eigenvalue weighted by Crippen LogP contribution is -2.41. The monoisotopic (exact) mass is 270 g/mol. The Morgan fingerprint density at radius 3 is 2.68 bits per heavy atom. The maximum atomic E-state index is 12.0. The Labute approximate surface area is 117 Å². The number of hydrogen-bond donors (Lipinski definition) is 2. The molecule has 1 saturated carbocycles. The molecule has 0 bridgehead atoms. The largest absolute Gasteiger partial charge is 0.380 e. The van der Waals surface area contributed by atoms with Crippen LogP contribution in [0.1, 0.15) is 46.5 Å². The van der Waals surface area contributed by atoms with Gasteiger partial charge < -0.3 is 15.8 Å².